The molecular weight excluding hydrogens is 247 g/mol. The predicted molar refractivity (Wildman–Crippen MR) is 63.6 cm³/mol. The zero-order valence-electron chi connectivity index (χ0n) is 8.23. The summed E-state index contributed by atoms with van der Waals surface area (Å²) in [6.07, 6.45) is 8.69. The summed E-state index contributed by atoms with van der Waals surface area (Å²) in [6.45, 7) is 6.61. The van der Waals surface area contributed by atoms with Crippen molar-refractivity contribution in [2.24, 2.45) is 5.92 Å². The molecule has 0 aromatic carbocycles. The number of halogens is 1. The normalized spacial score (nSPS) is 17.7. The van der Waals surface area contributed by atoms with Gasteiger partial charge in [0.05, 0.1) is 0 Å². The Morgan fingerprint density at radius 1 is 1.00 bits per heavy atom. The average Bonchev–Trinajstić information content (AvgIpc) is 1.91. The summed E-state index contributed by atoms with van der Waals surface area (Å²) in [7, 11) is 0. The largest absolute Gasteiger partial charge is 0.107 e. The highest BCUT2D eigenvalue weighted by atomic mass is 127. The van der Waals surface area contributed by atoms with Crippen LogP contribution in [-0.2, 0) is 0 Å². The lowest BCUT2D eigenvalue weighted by molar-refractivity contribution is 0.385. The molecule has 1 fully saturated rings. The van der Waals surface area contributed by atoms with E-state index in [1.807, 2.05) is 0 Å². The third kappa shape index (κ3) is 10.7. The van der Waals surface area contributed by atoms with Gasteiger partial charge in [-0.3, -0.25) is 0 Å². The van der Waals surface area contributed by atoms with Crippen LogP contribution < -0.4 is 0 Å². The van der Waals surface area contributed by atoms with Crippen molar-refractivity contribution in [2.75, 3.05) is 0 Å². The van der Waals surface area contributed by atoms with E-state index >= 15 is 0 Å². The van der Waals surface area contributed by atoms with Crippen molar-refractivity contribution < 1.29 is 0 Å². The molecule has 0 spiro atoms. The van der Waals surface area contributed by atoms with Gasteiger partial charge < -0.3 is 0 Å². The number of rotatable bonds is 0. The van der Waals surface area contributed by atoms with Gasteiger partial charge in [0.25, 0.3) is 0 Å². The van der Waals surface area contributed by atoms with E-state index in [1.165, 1.54) is 38.5 Å². The van der Waals surface area contributed by atoms with Gasteiger partial charge >= 0.3 is 0 Å². The second-order valence-electron chi connectivity index (χ2n) is 3.45. The lowest BCUT2D eigenvalue weighted by atomic mass is 9.91. The summed E-state index contributed by atoms with van der Waals surface area (Å²) in [4.78, 5) is 0. The van der Waals surface area contributed by atoms with Gasteiger partial charge in [-0.25, -0.2) is 0 Å². The zero-order valence-corrected chi connectivity index (χ0v) is 10.6. The van der Waals surface area contributed by atoms with Gasteiger partial charge in [0.1, 0.15) is 0 Å². The molecule has 70 valence electrons. The van der Waals surface area contributed by atoms with Crippen LogP contribution in [0.4, 0.5) is 0 Å². The molecule has 0 bridgehead atoms. The fourth-order valence-corrected chi connectivity index (χ4v) is 1.31. The van der Waals surface area contributed by atoms with Crippen LogP contribution >= 0.6 is 24.0 Å². The lowest BCUT2D eigenvalue weighted by Gasteiger charge is -2.15. The molecule has 0 saturated heterocycles. The highest BCUT2D eigenvalue weighted by Gasteiger charge is 2.05. The number of hydrogen-bond acceptors (Lipinski definition) is 0. The van der Waals surface area contributed by atoms with E-state index in [2.05, 4.69) is 20.8 Å². The summed E-state index contributed by atoms with van der Waals surface area (Å²) in [6, 6.07) is 0. The molecular formula is C10H23I. The molecule has 1 heteroatoms. The van der Waals surface area contributed by atoms with Crippen LogP contribution in [0.15, 0.2) is 0 Å². The van der Waals surface area contributed by atoms with Crippen LogP contribution in [0, 0.1) is 5.92 Å². The summed E-state index contributed by atoms with van der Waals surface area (Å²) in [5, 5.41) is 0. The van der Waals surface area contributed by atoms with Crippen molar-refractivity contribution in [3.05, 3.63) is 0 Å². The minimum absolute atomic E-state index is 0. The van der Waals surface area contributed by atoms with E-state index in [0.29, 0.717) is 0 Å². The van der Waals surface area contributed by atoms with Crippen molar-refractivity contribution >= 4 is 24.0 Å². The van der Waals surface area contributed by atoms with Crippen molar-refractivity contribution in [1.29, 1.82) is 0 Å². The van der Waals surface area contributed by atoms with Crippen LogP contribution in [0.5, 0.6) is 0 Å². The second-order valence-corrected chi connectivity index (χ2v) is 3.45. The maximum absolute atomic E-state index is 2.36. The average molecular weight is 270 g/mol. The summed E-state index contributed by atoms with van der Waals surface area (Å²) >= 11 is 0. The quantitative estimate of drug-likeness (QED) is 0.563. The standard InChI is InChI=1S/C7H14.C3H8.HI/c1-7-5-3-2-4-6-7;1-3-2;/h7H,2-6H2,1H3;3H2,1-2H3;1H. The molecule has 0 heterocycles. The fraction of sp³-hybridized carbons (Fsp3) is 1.00. The molecule has 0 nitrogen and oxygen atoms in total. The van der Waals surface area contributed by atoms with Crippen LogP contribution in [0.3, 0.4) is 0 Å². The Balaban J connectivity index is 0. The Morgan fingerprint density at radius 3 is 1.55 bits per heavy atom. The molecule has 1 aliphatic carbocycles. The minimum atomic E-state index is 0. The molecule has 0 amide bonds. The highest BCUT2D eigenvalue weighted by Crippen LogP contribution is 2.21. The Labute approximate surface area is 89.2 Å². The van der Waals surface area contributed by atoms with Crippen molar-refractivity contribution in [3.8, 4) is 0 Å². The third-order valence-corrected chi connectivity index (χ3v) is 1.89. The van der Waals surface area contributed by atoms with Gasteiger partial charge in [-0.05, 0) is 5.92 Å². The van der Waals surface area contributed by atoms with E-state index in [-0.39, 0.29) is 24.0 Å². The third-order valence-electron chi connectivity index (χ3n) is 1.89. The van der Waals surface area contributed by atoms with Crippen LogP contribution in [0.2, 0.25) is 0 Å². The molecule has 0 N–H and O–H groups in total. The van der Waals surface area contributed by atoms with Gasteiger partial charge in [0.2, 0.25) is 0 Å². The SMILES string of the molecule is CC1CCCCC1.CCC.I. The van der Waals surface area contributed by atoms with E-state index < -0.39 is 0 Å². The Hall–Kier alpha value is 0.730. The predicted octanol–water partition coefficient (Wildman–Crippen LogP) is 4.62. The van der Waals surface area contributed by atoms with E-state index in [1.54, 1.807) is 0 Å². The highest BCUT2D eigenvalue weighted by molar-refractivity contribution is 14.0. The first-order valence-corrected chi connectivity index (χ1v) is 4.81. The molecule has 1 rings (SSSR count). The van der Waals surface area contributed by atoms with E-state index in [9.17, 15) is 0 Å². The second kappa shape index (κ2) is 10.7. The molecule has 0 aliphatic heterocycles. The van der Waals surface area contributed by atoms with Gasteiger partial charge in [0, 0.05) is 0 Å². The first-order valence-electron chi connectivity index (χ1n) is 4.81. The zero-order chi connectivity index (χ0) is 7.82. The fourth-order valence-electron chi connectivity index (χ4n) is 1.31. The molecule has 1 saturated carbocycles. The van der Waals surface area contributed by atoms with Crippen LogP contribution in [0.1, 0.15) is 59.3 Å². The molecule has 0 aromatic heterocycles. The van der Waals surface area contributed by atoms with Crippen molar-refractivity contribution in [3.63, 3.8) is 0 Å². The molecule has 0 atom stereocenters. The first kappa shape index (κ1) is 14.3. The molecule has 11 heavy (non-hydrogen) atoms. The van der Waals surface area contributed by atoms with Crippen LogP contribution in [0.25, 0.3) is 0 Å². The topological polar surface area (TPSA) is 0 Å². The van der Waals surface area contributed by atoms with Crippen molar-refractivity contribution in [1.82, 2.24) is 0 Å². The van der Waals surface area contributed by atoms with Gasteiger partial charge in [0.15, 0.2) is 0 Å². The summed E-state index contributed by atoms with van der Waals surface area (Å²) in [5.41, 5.74) is 0. The maximum atomic E-state index is 2.36. The van der Waals surface area contributed by atoms with Gasteiger partial charge in [-0.1, -0.05) is 59.3 Å². The molecule has 0 radical (unpaired) electrons. The minimum Gasteiger partial charge on any atom is -0.107 e. The van der Waals surface area contributed by atoms with Gasteiger partial charge in [-0.15, -0.1) is 24.0 Å². The summed E-state index contributed by atoms with van der Waals surface area (Å²) in [5.74, 6) is 1.04. The Kier molecular flexibility index (Phi) is 13.9. The van der Waals surface area contributed by atoms with Crippen LogP contribution in [-0.4, -0.2) is 0 Å². The molecule has 0 aromatic rings. The van der Waals surface area contributed by atoms with Gasteiger partial charge in [-0.2, -0.15) is 0 Å². The summed E-state index contributed by atoms with van der Waals surface area (Å²) < 4.78 is 0. The lowest BCUT2D eigenvalue weighted by Crippen LogP contribution is -1.99. The molecule has 0 unspecified atom stereocenters. The van der Waals surface area contributed by atoms with E-state index in [0.717, 1.165) is 5.92 Å². The smallest absolute Gasteiger partial charge is 0.0443 e. The number of hydrogen-bond donors (Lipinski definition) is 0. The van der Waals surface area contributed by atoms with E-state index in [4.69, 9.17) is 0 Å². The monoisotopic (exact) mass is 270 g/mol. The molecule has 1 aliphatic rings. The first-order chi connectivity index (χ1) is 4.81. The Morgan fingerprint density at radius 2 is 1.36 bits per heavy atom. The van der Waals surface area contributed by atoms with Crippen molar-refractivity contribution in [2.45, 2.75) is 59.3 Å². The Bertz CT molecular complexity index is 55.9. The maximum Gasteiger partial charge on any atom is -0.0443 e.